The van der Waals surface area contributed by atoms with E-state index >= 15 is 0 Å². The highest BCUT2D eigenvalue weighted by molar-refractivity contribution is 5.79. The van der Waals surface area contributed by atoms with E-state index in [0.29, 0.717) is 6.42 Å². The number of aromatic nitrogens is 2. The van der Waals surface area contributed by atoms with Gasteiger partial charge < -0.3 is 10.6 Å². The first kappa shape index (κ1) is 9.89. The number of rotatable bonds is 3. The summed E-state index contributed by atoms with van der Waals surface area (Å²) in [7, 11) is 0. The summed E-state index contributed by atoms with van der Waals surface area (Å²) >= 11 is 0. The Labute approximate surface area is 88.8 Å². The molecule has 0 bridgehead atoms. The van der Waals surface area contributed by atoms with Crippen LogP contribution >= 0.6 is 0 Å². The number of anilines is 1. The molecule has 3 N–H and O–H groups in total. The lowest BCUT2D eigenvalue weighted by Crippen LogP contribution is -2.20. The molecule has 0 radical (unpaired) electrons. The van der Waals surface area contributed by atoms with Crippen LogP contribution in [0, 0.1) is 5.41 Å². The predicted octanol–water partition coefficient (Wildman–Crippen LogP) is 0.555. The number of amidine groups is 1. The lowest BCUT2D eigenvalue weighted by Gasteiger charge is -2.16. The molecule has 1 fully saturated rings. The minimum atomic E-state index is 0.140. The molecule has 0 spiro atoms. The molecule has 2 rings (SSSR count). The Kier molecular flexibility index (Phi) is 2.80. The Bertz CT molecular complexity index is 357. The maximum Gasteiger partial charge on any atom is 0.132 e. The largest absolute Gasteiger partial charge is 0.387 e. The molecule has 1 aliphatic rings. The zero-order valence-corrected chi connectivity index (χ0v) is 8.61. The summed E-state index contributed by atoms with van der Waals surface area (Å²) in [6.07, 6.45) is 4.41. The summed E-state index contributed by atoms with van der Waals surface area (Å²) in [5.74, 6) is 1.10. The van der Waals surface area contributed by atoms with Crippen LogP contribution in [-0.4, -0.2) is 28.9 Å². The first-order chi connectivity index (χ1) is 7.25. The monoisotopic (exact) mass is 205 g/mol. The third-order valence-corrected chi connectivity index (χ3v) is 2.51. The fraction of sp³-hybridized carbons (Fsp3) is 0.500. The highest BCUT2D eigenvalue weighted by Gasteiger charge is 2.13. The smallest absolute Gasteiger partial charge is 0.132 e. The third-order valence-electron chi connectivity index (χ3n) is 2.51. The van der Waals surface area contributed by atoms with Crippen LogP contribution in [0.25, 0.3) is 0 Å². The van der Waals surface area contributed by atoms with Crippen LogP contribution in [0.3, 0.4) is 0 Å². The average molecular weight is 205 g/mol. The lowest BCUT2D eigenvalue weighted by molar-refractivity contribution is 0.915. The van der Waals surface area contributed by atoms with Crippen LogP contribution in [0.5, 0.6) is 0 Å². The molecule has 0 amide bonds. The molecule has 0 aliphatic carbocycles. The quantitative estimate of drug-likeness (QED) is 0.558. The Morgan fingerprint density at radius 3 is 2.80 bits per heavy atom. The minimum Gasteiger partial charge on any atom is -0.387 e. The number of hydrogen-bond donors (Lipinski definition) is 2. The van der Waals surface area contributed by atoms with Crippen molar-refractivity contribution in [2.24, 2.45) is 5.73 Å². The molecule has 0 saturated carbocycles. The molecule has 1 aromatic rings. The molecule has 5 nitrogen and oxygen atoms in total. The molecule has 0 aromatic carbocycles. The van der Waals surface area contributed by atoms with Gasteiger partial charge in [0.05, 0.1) is 11.5 Å². The van der Waals surface area contributed by atoms with E-state index in [4.69, 9.17) is 11.1 Å². The van der Waals surface area contributed by atoms with E-state index in [1.54, 1.807) is 6.33 Å². The summed E-state index contributed by atoms with van der Waals surface area (Å²) in [5, 5.41) is 7.22. The molecule has 0 atom stereocenters. The molecule has 1 aliphatic heterocycles. The number of nitrogens with one attached hydrogen (secondary N) is 1. The molecule has 1 saturated heterocycles. The fourth-order valence-corrected chi connectivity index (χ4v) is 1.80. The number of hydrogen-bond acceptors (Lipinski definition) is 4. The van der Waals surface area contributed by atoms with Crippen LogP contribution in [0.4, 0.5) is 5.82 Å². The van der Waals surface area contributed by atoms with E-state index in [1.165, 1.54) is 12.8 Å². The third kappa shape index (κ3) is 2.43. The molecule has 80 valence electrons. The van der Waals surface area contributed by atoms with Crippen molar-refractivity contribution >= 4 is 11.7 Å². The van der Waals surface area contributed by atoms with Crippen molar-refractivity contribution in [3.8, 4) is 0 Å². The van der Waals surface area contributed by atoms with Gasteiger partial charge >= 0.3 is 0 Å². The highest BCUT2D eigenvalue weighted by Crippen LogP contribution is 2.17. The standard InChI is InChI=1S/C10H15N5/c11-9(12)5-8-6-10(14-7-13-8)15-3-1-2-4-15/h6-7H,1-5H2,(H3,11,12). The SMILES string of the molecule is N=C(N)Cc1cc(N2CCCC2)ncn1. The minimum absolute atomic E-state index is 0.140. The lowest BCUT2D eigenvalue weighted by atomic mass is 10.2. The second-order valence-electron chi connectivity index (χ2n) is 3.76. The van der Waals surface area contributed by atoms with Crippen LogP contribution in [0.15, 0.2) is 12.4 Å². The first-order valence-corrected chi connectivity index (χ1v) is 5.14. The summed E-state index contributed by atoms with van der Waals surface area (Å²) < 4.78 is 0. The number of nitrogens with two attached hydrogens (primary N) is 1. The van der Waals surface area contributed by atoms with Crippen molar-refractivity contribution in [2.75, 3.05) is 18.0 Å². The number of nitrogens with zero attached hydrogens (tertiary/aromatic N) is 3. The Morgan fingerprint density at radius 1 is 1.40 bits per heavy atom. The maximum absolute atomic E-state index is 7.22. The van der Waals surface area contributed by atoms with Gasteiger partial charge in [-0.15, -0.1) is 0 Å². The van der Waals surface area contributed by atoms with Gasteiger partial charge in [0.15, 0.2) is 0 Å². The molecule has 0 unspecified atom stereocenters. The summed E-state index contributed by atoms with van der Waals surface area (Å²) in [5.41, 5.74) is 6.16. The van der Waals surface area contributed by atoms with Crippen LogP contribution in [-0.2, 0) is 6.42 Å². The normalized spacial score (nSPS) is 15.6. The van der Waals surface area contributed by atoms with Crippen molar-refractivity contribution in [1.82, 2.24) is 9.97 Å². The summed E-state index contributed by atoms with van der Waals surface area (Å²) in [6.45, 7) is 2.13. The van der Waals surface area contributed by atoms with Gasteiger partial charge in [-0.05, 0) is 12.8 Å². The molecule has 5 heteroatoms. The van der Waals surface area contributed by atoms with E-state index in [2.05, 4.69) is 14.9 Å². The van der Waals surface area contributed by atoms with E-state index in [9.17, 15) is 0 Å². The second kappa shape index (κ2) is 4.25. The zero-order chi connectivity index (χ0) is 10.7. The van der Waals surface area contributed by atoms with Crippen molar-refractivity contribution in [2.45, 2.75) is 19.3 Å². The Balaban J connectivity index is 2.14. The van der Waals surface area contributed by atoms with Gasteiger partial charge in [0, 0.05) is 25.6 Å². The summed E-state index contributed by atoms with van der Waals surface area (Å²) in [4.78, 5) is 10.6. The molecule has 1 aromatic heterocycles. The van der Waals surface area contributed by atoms with Gasteiger partial charge in [0.1, 0.15) is 12.1 Å². The average Bonchev–Trinajstić information content (AvgIpc) is 2.69. The fourth-order valence-electron chi connectivity index (χ4n) is 1.80. The van der Waals surface area contributed by atoms with Gasteiger partial charge in [-0.3, -0.25) is 5.41 Å². The molecule has 15 heavy (non-hydrogen) atoms. The van der Waals surface area contributed by atoms with Gasteiger partial charge in [0.2, 0.25) is 0 Å². The van der Waals surface area contributed by atoms with Gasteiger partial charge in [-0.1, -0.05) is 0 Å². The van der Waals surface area contributed by atoms with E-state index in [1.807, 2.05) is 6.07 Å². The Morgan fingerprint density at radius 2 is 2.13 bits per heavy atom. The molecular formula is C10H15N5. The van der Waals surface area contributed by atoms with E-state index in [-0.39, 0.29) is 5.84 Å². The van der Waals surface area contributed by atoms with Crippen molar-refractivity contribution in [3.05, 3.63) is 18.1 Å². The van der Waals surface area contributed by atoms with Crippen molar-refractivity contribution in [3.63, 3.8) is 0 Å². The molecule has 2 heterocycles. The van der Waals surface area contributed by atoms with Crippen molar-refractivity contribution in [1.29, 1.82) is 5.41 Å². The van der Waals surface area contributed by atoms with Gasteiger partial charge in [-0.2, -0.15) is 0 Å². The van der Waals surface area contributed by atoms with E-state index < -0.39 is 0 Å². The van der Waals surface area contributed by atoms with Crippen LogP contribution in [0.1, 0.15) is 18.5 Å². The van der Waals surface area contributed by atoms with Crippen LogP contribution in [0.2, 0.25) is 0 Å². The maximum atomic E-state index is 7.22. The van der Waals surface area contributed by atoms with Crippen LogP contribution < -0.4 is 10.6 Å². The Hall–Kier alpha value is -1.65. The molecular weight excluding hydrogens is 190 g/mol. The van der Waals surface area contributed by atoms with Gasteiger partial charge in [0.25, 0.3) is 0 Å². The van der Waals surface area contributed by atoms with Crippen molar-refractivity contribution < 1.29 is 0 Å². The predicted molar refractivity (Wildman–Crippen MR) is 59.1 cm³/mol. The van der Waals surface area contributed by atoms with Gasteiger partial charge in [-0.25, -0.2) is 9.97 Å². The highest BCUT2D eigenvalue weighted by atomic mass is 15.2. The first-order valence-electron chi connectivity index (χ1n) is 5.14. The second-order valence-corrected chi connectivity index (χ2v) is 3.76. The zero-order valence-electron chi connectivity index (χ0n) is 8.61. The van der Waals surface area contributed by atoms with E-state index in [0.717, 1.165) is 24.6 Å². The topological polar surface area (TPSA) is 78.9 Å². The summed E-state index contributed by atoms with van der Waals surface area (Å²) in [6, 6.07) is 1.92.